The van der Waals surface area contributed by atoms with Gasteiger partial charge in [-0.15, -0.1) is 0 Å². The predicted octanol–water partition coefficient (Wildman–Crippen LogP) is 2.57. The summed E-state index contributed by atoms with van der Waals surface area (Å²) < 4.78 is 34.8. The van der Waals surface area contributed by atoms with Crippen molar-refractivity contribution < 1.29 is 13.2 Å². The van der Waals surface area contributed by atoms with E-state index in [1.54, 1.807) is 28.6 Å². The van der Waals surface area contributed by atoms with Gasteiger partial charge in [-0.05, 0) is 12.1 Å². The summed E-state index contributed by atoms with van der Waals surface area (Å²) in [5, 5.41) is 0. The molecule has 0 N–H and O–H groups in total. The van der Waals surface area contributed by atoms with Gasteiger partial charge < -0.3 is 9.30 Å². The highest BCUT2D eigenvalue weighted by atomic mass is 32.2. The van der Waals surface area contributed by atoms with Gasteiger partial charge in [-0.2, -0.15) is 4.31 Å². The van der Waals surface area contributed by atoms with Crippen molar-refractivity contribution in [3.05, 3.63) is 67.0 Å². The topological polar surface area (TPSA) is 67.7 Å². The van der Waals surface area contributed by atoms with Crippen molar-refractivity contribution in [2.24, 2.45) is 0 Å². The van der Waals surface area contributed by atoms with Crippen LogP contribution in [0.25, 0.3) is 11.4 Å². The van der Waals surface area contributed by atoms with Gasteiger partial charge in [-0.3, -0.25) is 4.90 Å². The number of hydrogen-bond donors (Lipinski definition) is 0. The summed E-state index contributed by atoms with van der Waals surface area (Å²) in [5.74, 6) is 1.50. The van der Waals surface area contributed by atoms with Crippen LogP contribution in [0.4, 0.5) is 0 Å². The Morgan fingerprint density at radius 3 is 2.47 bits per heavy atom. The fourth-order valence-electron chi connectivity index (χ4n) is 3.69. The van der Waals surface area contributed by atoms with Crippen molar-refractivity contribution in [3.63, 3.8) is 0 Å². The van der Waals surface area contributed by atoms with Gasteiger partial charge in [0.15, 0.2) is 0 Å². The number of aromatic nitrogens is 2. The van der Waals surface area contributed by atoms with Gasteiger partial charge in [0.1, 0.15) is 11.6 Å². The zero-order valence-electron chi connectivity index (χ0n) is 17.0. The Hall–Kier alpha value is -2.68. The molecule has 158 valence electrons. The van der Waals surface area contributed by atoms with Crippen LogP contribution in [0.5, 0.6) is 5.75 Å². The van der Waals surface area contributed by atoms with E-state index < -0.39 is 10.0 Å². The third kappa shape index (κ3) is 4.40. The molecule has 30 heavy (non-hydrogen) atoms. The first-order chi connectivity index (χ1) is 14.6. The third-order valence-corrected chi connectivity index (χ3v) is 7.31. The zero-order chi connectivity index (χ0) is 21.0. The SMILES string of the molecule is COc1cccc(S(=O)(=O)N2CCN(CCn3ccnc3-c3ccccc3)CC2)c1. The van der Waals surface area contributed by atoms with Gasteiger partial charge in [-0.25, -0.2) is 13.4 Å². The molecule has 0 atom stereocenters. The first kappa shape index (κ1) is 20.6. The largest absolute Gasteiger partial charge is 0.497 e. The minimum atomic E-state index is -3.51. The molecule has 0 aliphatic carbocycles. The van der Waals surface area contributed by atoms with Gasteiger partial charge in [-0.1, -0.05) is 36.4 Å². The summed E-state index contributed by atoms with van der Waals surface area (Å²) in [6.45, 7) is 4.04. The van der Waals surface area contributed by atoms with E-state index in [-0.39, 0.29) is 4.90 Å². The lowest BCUT2D eigenvalue weighted by atomic mass is 10.2. The molecule has 0 bridgehead atoms. The van der Waals surface area contributed by atoms with Crippen molar-refractivity contribution in [1.29, 1.82) is 0 Å². The van der Waals surface area contributed by atoms with Crippen LogP contribution < -0.4 is 4.74 Å². The number of ether oxygens (including phenoxy) is 1. The Kier molecular flexibility index (Phi) is 6.17. The molecule has 4 rings (SSSR count). The van der Waals surface area contributed by atoms with Crippen LogP contribution in [0.15, 0.2) is 71.9 Å². The lowest BCUT2D eigenvalue weighted by Crippen LogP contribution is -2.49. The first-order valence-corrected chi connectivity index (χ1v) is 11.4. The fraction of sp³-hybridized carbons (Fsp3) is 0.318. The molecular weight excluding hydrogens is 400 g/mol. The molecule has 0 unspecified atom stereocenters. The monoisotopic (exact) mass is 426 g/mol. The molecule has 2 heterocycles. The van der Waals surface area contributed by atoms with Crippen molar-refractivity contribution >= 4 is 10.0 Å². The fourth-order valence-corrected chi connectivity index (χ4v) is 5.15. The van der Waals surface area contributed by atoms with E-state index in [0.717, 1.165) is 24.5 Å². The number of rotatable bonds is 7. The second-order valence-corrected chi connectivity index (χ2v) is 9.17. The van der Waals surface area contributed by atoms with Crippen LogP contribution in [0.1, 0.15) is 0 Å². The normalized spacial score (nSPS) is 15.9. The number of imidazole rings is 1. The summed E-state index contributed by atoms with van der Waals surface area (Å²) in [7, 11) is -1.97. The minimum absolute atomic E-state index is 0.279. The van der Waals surface area contributed by atoms with E-state index in [9.17, 15) is 8.42 Å². The highest BCUT2D eigenvalue weighted by molar-refractivity contribution is 7.89. The van der Waals surface area contributed by atoms with E-state index in [0.29, 0.717) is 31.9 Å². The molecule has 0 amide bonds. The van der Waals surface area contributed by atoms with Gasteiger partial charge in [0.2, 0.25) is 10.0 Å². The number of methoxy groups -OCH3 is 1. The smallest absolute Gasteiger partial charge is 0.243 e. The maximum atomic E-state index is 12.9. The Labute approximate surface area is 177 Å². The number of piperazine rings is 1. The van der Waals surface area contributed by atoms with E-state index in [4.69, 9.17) is 4.74 Å². The van der Waals surface area contributed by atoms with Gasteiger partial charge in [0, 0.05) is 63.3 Å². The van der Waals surface area contributed by atoms with Crippen LogP contribution in [0.3, 0.4) is 0 Å². The van der Waals surface area contributed by atoms with E-state index in [2.05, 4.69) is 26.6 Å². The van der Waals surface area contributed by atoms with Crippen LogP contribution >= 0.6 is 0 Å². The predicted molar refractivity (Wildman–Crippen MR) is 116 cm³/mol. The van der Waals surface area contributed by atoms with Crippen molar-refractivity contribution in [2.45, 2.75) is 11.4 Å². The Balaban J connectivity index is 1.35. The molecule has 1 fully saturated rings. The van der Waals surface area contributed by atoms with Gasteiger partial charge in [0.25, 0.3) is 0 Å². The summed E-state index contributed by atoms with van der Waals surface area (Å²) >= 11 is 0. The highest BCUT2D eigenvalue weighted by Gasteiger charge is 2.28. The molecular formula is C22H26N4O3S. The van der Waals surface area contributed by atoms with Crippen LogP contribution in [-0.4, -0.2) is 67.0 Å². The quantitative estimate of drug-likeness (QED) is 0.581. The van der Waals surface area contributed by atoms with Crippen molar-refractivity contribution in [1.82, 2.24) is 18.8 Å². The van der Waals surface area contributed by atoms with Crippen molar-refractivity contribution in [3.8, 4) is 17.1 Å². The Bertz CT molecular complexity index is 1070. The zero-order valence-corrected chi connectivity index (χ0v) is 17.8. The molecule has 1 saturated heterocycles. The maximum absolute atomic E-state index is 12.9. The number of sulfonamides is 1. The molecule has 1 aliphatic rings. The summed E-state index contributed by atoms with van der Waals surface area (Å²) in [4.78, 5) is 7.07. The second kappa shape index (κ2) is 8.99. The molecule has 0 saturated carbocycles. The minimum Gasteiger partial charge on any atom is -0.497 e. The number of hydrogen-bond acceptors (Lipinski definition) is 5. The average molecular weight is 427 g/mol. The van der Waals surface area contributed by atoms with Crippen LogP contribution in [-0.2, 0) is 16.6 Å². The molecule has 0 spiro atoms. The second-order valence-electron chi connectivity index (χ2n) is 7.23. The maximum Gasteiger partial charge on any atom is 0.243 e. The van der Waals surface area contributed by atoms with E-state index in [1.807, 2.05) is 30.6 Å². The molecule has 8 heteroatoms. The van der Waals surface area contributed by atoms with E-state index in [1.165, 1.54) is 7.11 Å². The summed E-state index contributed by atoms with van der Waals surface area (Å²) in [6.07, 6.45) is 3.81. The molecule has 2 aromatic carbocycles. The van der Waals surface area contributed by atoms with Gasteiger partial charge in [0.05, 0.1) is 12.0 Å². The molecule has 1 aliphatic heterocycles. The van der Waals surface area contributed by atoms with Crippen molar-refractivity contribution in [2.75, 3.05) is 39.8 Å². The highest BCUT2D eigenvalue weighted by Crippen LogP contribution is 2.22. The first-order valence-electron chi connectivity index (χ1n) is 10.0. The summed E-state index contributed by atoms with van der Waals surface area (Å²) in [6, 6.07) is 16.8. The van der Waals surface area contributed by atoms with Crippen LogP contribution in [0.2, 0.25) is 0 Å². The molecule has 3 aromatic rings. The third-order valence-electron chi connectivity index (χ3n) is 5.41. The van der Waals surface area contributed by atoms with Crippen LogP contribution in [0, 0.1) is 0 Å². The number of benzene rings is 2. The summed E-state index contributed by atoms with van der Waals surface area (Å²) in [5.41, 5.74) is 1.09. The molecule has 0 radical (unpaired) electrons. The van der Waals surface area contributed by atoms with E-state index >= 15 is 0 Å². The molecule has 1 aromatic heterocycles. The average Bonchev–Trinajstić information content (AvgIpc) is 3.27. The lowest BCUT2D eigenvalue weighted by molar-refractivity contribution is 0.183. The molecule has 7 nitrogen and oxygen atoms in total. The number of nitrogens with zero attached hydrogens (tertiary/aromatic N) is 4. The Morgan fingerprint density at radius 1 is 0.967 bits per heavy atom. The Morgan fingerprint density at radius 2 is 1.73 bits per heavy atom. The lowest BCUT2D eigenvalue weighted by Gasteiger charge is -2.34. The standard InChI is InChI=1S/C22H26N4O3S/c1-29-20-8-5-9-21(18-20)30(27,28)26-16-13-24(14-17-26)12-15-25-11-10-23-22(25)19-6-3-2-4-7-19/h2-11,18H,12-17H2,1H3. The van der Waals surface area contributed by atoms with Gasteiger partial charge >= 0.3 is 0 Å².